The standard InChI is InChI=1S/C10H12F2N2O3/c1-17-9-3-5(11)8(2-6(9)12)14-4-7(13)10(15)16/h2-3,7,14H,4,13H2,1H3,(H,15,16). The Bertz CT molecular complexity index is 426. The van der Waals surface area contributed by atoms with Crippen LogP contribution in [0.25, 0.3) is 0 Å². The van der Waals surface area contributed by atoms with Crippen molar-refractivity contribution in [1.29, 1.82) is 0 Å². The maximum absolute atomic E-state index is 13.4. The van der Waals surface area contributed by atoms with Crippen LogP contribution in [-0.2, 0) is 4.79 Å². The van der Waals surface area contributed by atoms with Crippen LogP contribution in [0.1, 0.15) is 0 Å². The van der Waals surface area contributed by atoms with E-state index in [-0.39, 0.29) is 18.0 Å². The molecule has 0 aliphatic carbocycles. The summed E-state index contributed by atoms with van der Waals surface area (Å²) >= 11 is 0. The van der Waals surface area contributed by atoms with Crippen LogP contribution < -0.4 is 15.8 Å². The van der Waals surface area contributed by atoms with Gasteiger partial charge in [0.1, 0.15) is 11.9 Å². The third-order valence-electron chi connectivity index (χ3n) is 2.07. The van der Waals surface area contributed by atoms with Gasteiger partial charge in [-0.15, -0.1) is 0 Å². The molecule has 1 aromatic rings. The van der Waals surface area contributed by atoms with Crippen LogP contribution >= 0.6 is 0 Å². The highest BCUT2D eigenvalue weighted by atomic mass is 19.1. The lowest BCUT2D eigenvalue weighted by atomic mass is 10.2. The number of carboxylic acid groups (broad SMARTS) is 1. The Morgan fingerprint density at radius 3 is 2.71 bits per heavy atom. The number of methoxy groups -OCH3 is 1. The van der Waals surface area contributed by atoms with Gasteiger partial charge in [0.05, 0.1) is 12.8 Å². The monoisotopic (exact) mass is 246 g/mol. The van der Waals surface area contributed by atoms with E-state index in [0.717, 1.165) is 12.1 Å². The van der Waals surface area contributed by atoms with Gasteiger partial charge in [0.2, 0.25) is 0 Å². The van der Waals surface area contributed by atoms with Crippen LogP contribution in [0.15, 0.2) is 12.1 Å². The lowest BCUT2D eigenvalue weighted by molar-refractivity contribution is -0.138. The van der Waals surface area contributed by atoms with Crippen molar-refractivity contribution in [3.63, 3.8) is 0 Å². The number of nitrogens with two attached hydrogens (primary N) is 1. The summed E-state index contributed by atoms with van der Waals surface area (Å²) in [4.78, 5) is 10.4. The van der Waals surface area contributed by atoms with Crippen LogP contribution in [0, 0.1) is 11.6 Å². The molecule has 0 heterocycles. The second-order valence-corrected chi connectivity index (χ2v) is 3.29. The normalized spacial score (nSPS) is 12.0. The highest BCUT2D eigenvalue weighted by Crippen LogP contribution is 2.24. The van der Waals surface area contributed by atoms with E-state index in [1.54, 1.807) is 0 Å². The van der Waals surface area contributed by atoms with Gasteiger partial charge in [0, 0.05) is 18.7 Å². The smallest absolute Gasteiger partial charge is 0.322 e. The van der Waals surface area contributed by atoms with Crippen molar-refractivity contribution in [3.8, 4) is 5.75 Å². The minimum absolute atomic E-state index is 0.167. The molecular weight excluding hydrogens is 234 g/mol. The quantitative estimate of drug-likeness (QED) is 0.715. The van der Waals surface area contributed by atoms with Gasteiger partial charge in [-0.25, -0.2) is 8.78 Å². The Labute approximate surface area is 96.2 Å². The summed E-state index contributed by atoms with van der Waals surface area (Å²) in [6, 6.07) is 0.548. The molecule has 0 saturated heterocycles. The van der Waals surface area contributed by atoms with Gasteiger partial charge in [0.25, 0.3) is 0 Å². The molecule has 0 bridgehead atoms. The molecule has 1 rings (SSSR count). The van der Waals surface area contributed by atoms with Crippen molar-refractivity contribution in [1.82, 2.24) is 0 Å². The third-order valence-corrected chi connectivity index (χ3v) is 2.07. The first kappa shape index (κ1) is 13.2. The van der Waals surface area contributed by atoms with E-state index in [2.05, 4.69) is 10.1 Å². The number of hydrogen-bond donors (Lipinski definition) is 3. The maximum atomic E-state index is 13.4. The minimum Gasteiger partial charge on any atom is -0.494 e. The molecule has 0 spiro atoms. The molecule has 4 N–H and O–H groups in total. The highest BCUT2D eigenvalue weighted by Gasteiger charge is 2.14. The van der Waals surface area contributed by atoms with Gasteiger partial charge in [0.15, 0.2) is 11.6 Å². The third kappa shape index (κ3) is 3.28. The number of halogens is 2. The molecule has 0 aliphatic heterocycles. The summed E-state index contributed by atoms with van der Waals surface area (Å²) in [6.45, 7) is -0.210. The van der Waals surface area contributed by atoms with E-state index >= 15 is 0 Å². The second-order valence-electron chi connectivity index (χ2n) is 3.29. The zero-order valence-electron chi connectivity index (χ0n) is 9.04. The van der Waals surface area contributed by atoms with Gasteiger partial charge in [-0.3, -0.25) is 4.79 Å². The number of anilines is 1. The van der Waals surface area contributed by atoms with Crippen molar-refractivity contribution in [3.05, 3.63) is 23.8 Å². The summed E-state index contributed by atoms with van der Waals surface area (Å²) < 4.78 is 31.2. The Morgan fingerprint density at radius 2 is 2.18 bits per heavy atom. The van der Waals surface area contributed by atoms with Gasteiger partial charge in [-0.1, -0.05) is 0 Å². The van der Waals surface area contributed by atoms with E-state index < -0.39 is 23.6 Å². The zero-order chi connectivity index (χ0) is 13.0. The summed E-state index contributed by atoms with van der Waals surface area (Å²) in [6.07, 6.45) is 0. The Balaban J connectivity index is 2.78. The Hall–Kier alpha value is -1.89. The second kappa shape index (κ2) is 5.44. The summed E-state index contributed by atoms with van der Waals surface area (Å²) in [5, 5.41) is 10.9. The fourth-order valence-electron chi connectivity index (χ4n) is 1.13. The lowest BCUT2D eigenvalue weighted by Gasteiger charge is -2.11. The summed E-state index contributed by atoms with van der Waals surface area (Å²) in [7, 11) is 1.21. The van der Waals surface area contributed by atoms with E-state index in [1.807, 2.05) is 0 Å². The first-order valence-corrected chi connectivity index (χ1v) is 4.71. The van der Waals surface area contributed by atoms with Gasteiger partial charge >= 0.3 is 5.97 Å². The minimum atomic E-state index is -1.23. The fraction of sp³-hybridized carbons (Fsp3) is 0.300. The van der Waals surface area contributed by atoms with Crippen LogP contribution in [-0.4, -0.2) is 30.8 Å². The predicted molar refractivity (Wildman–Crippen MR) is 57.0 cm³/mol. The van der Waals surface area contributed by atoms with E-state index in [9.17, 15) is 13.6 Å². The van der Waals surface area contributed by atoms with Crippen molar-refractivity contribution >= 4 is 11.7 Å². The molecule has 1 aromatic carbocycles. The molecule has 1 atom stereocenters. The molecule has 0 saturated carbocycles. The van der Waals surface area contributed by atoms with Gasteiger partial charge in [-0.2, -0.15) is 0 Å². The van der Waals surface area contributed by atoms with Gasteiger partial charge < -0.3 is 20.9 Å². The largest absolute Gasteiger partial charge is 0.494 e. The fourth-order valence-corrected chi connectivity index (χ4v) is 1.13. The summed E-state index contributed by atoms with van der Waals surface area (Å²) in [5.74, 6) is -2.95. The van der Waals surface area contributed by atoms with Crippen molar-refractivity contribution in [2.45, 2.75) is 6.04 Å². The molecule has 94 valence electrons. The maximum Gasteiger partial charge on any atom is 0.322 e. The number of benzene rings is 1. The molecule has 5 nitrogen and oxygen atoms in total. The molecular formula is C10H12F2N2O3. The topological polar surface area (TPSA) is 84.6 Å². The molecule has 0 aromatic heterocycles. The Kier molecular flexibility index (Phi) is 4.22. The Morgan fingerprint density at radius 1 is 1.53 bits per heavy atom. The number of nitrogens with one attached hydrogen (secondary N) is 1. The average Bonchev–Trinajstić information content (AvgIpc) is 2.29. The number of rotatable bonds is 5. The lowest BCUT2D eigenvalue weighted by Crippen LogP contribution is -2.37. The molecule has 0 radical (unpaired) electrons. The number of ether oxygens (including phenoxy) is 1. The number of aliphatic carboxylic acids is 1. The van der Waals surface area contributed by atoms with Crippen LogP contribution in [0.4, 0.5) is 14.5 Å². The van der Waals surface area contributed by atoms with E-state index in [0.29, 0.717) is 0 Å². The van der Waals surface area contributed by atoms with Gasteiger partial charge in [-0.05, 0) is 0 Å². The molecule has 1 unspecified atom stereocenters. The molecule has 0 aliphatic rings. The first-order valence-electron chi connectivity index (χ1n) is 4.71. The van der Waals surface area contributed by atoms with Crippen LogP contribution in [0.2, 0.25) is 0 Å². The molecule has 7 heteroatoms. The zero-order valence-corrected chi connectivity index (χ0v) is 9.04. The van der Waals surface area contributed by atoms with Crippen molar-refractivity contribution in [2.24, 2.45) is 5.73 Å². The van der Waals surface area contributed by atoms with E-state index in [4.69, 9.17) is 10.8 Å². The predicted octanol–water partition coefficient (Wildman–Crippen LogP) is 0.797. The summed E-state index contributed by atoms with van der Waals surface area (Å²) in [5.41, 5.74) is 5.04. The van der Waals surface area contributed by atoms with E-state index in [1.165, 1.54) is 7.11 Å². The van der Waals surface area contributed by atoms with Crippen molar-refractivity contribution < 1.29 is 23.4 Å². The first-order chi connectivity index (χ1) is 7.95. The number of carboxylic acids is 1. The molecule has 17 heavy (non-hydrogen) atoms. The van der Waals surface area contributed by atoms with Crippen LogP contribution in [0.3, 0.4) is 0 Å². The number of hydrogen-bond acceptors (Lipinski definition) is 4. The number of carbonyl (C=O) groups is 1. The average molecular weight is 246 g/mol. The molecule has 0 amide bonds. The highest BCUT2D eigenvalue weighted by molar-refractivity contribution is 5.74. The van der Waals surface area contributed by atoms with Crippen molar-refractivity contribution in [2.75, 3.05) is 19.0 Å². The van der Waals surface area contributed by atoms with Crippen LogP contribution in [0.5, 0.6) is 5.75 Å². The SMILES string of the molecule is COc1cc(F)c(NCC(N)C(=O)O)cc1F. The molecule has 0 fully saturated rings.